The van der Waals surface area contributed by atoms with E-state index in [0.717, 1.165) is 5.56 Å². The van der Waals surface area contributed by atoms with E-state index < -0.39 is 23.8 Å². The van der Waals surface area contributed by atoms with Crippen molar-refractivity contribution >= 4 is 5.97 Å². The van der Waals surface area contributed by atoms with Gasteiger partial charge in [-0.15, -0.1) is 0 Å². The molecule has 0 aliphatic heterocycles. The topological polar surface area (TPSA) is 87.0 Å². The van der Waals surface area contributed by atoms with Crippen LogP contribution >= 0.6 is 0 Å². The normalized spacial score (nSPS) is 15.2. The number of carbonyl (C=O) groups is 1. The molecule has 5 nitrogen and oxygen atoms in total. The van der Waals surface area contributed by atoms with E-state index in [2.05, 4.69) is 0 Å². The van der Waals surface area contributed by atoms with Crippen LogP contribution in [-0.2, 0) is 11.0 Å². The number of carboxylic acid groups (broad SMARTS) is 1. The van der Waals surface area contributed by atoms with Crippen molar-refractivity contribution in [2.45, 2.75) is 65.1 Å². The third-order valence-electron chi connectivity index (χ3n) is 3.48. The number of carboxylic acids is 1. The highest BCUT2D eigenvalue weighted by Crippen LogP contribution is 2.40. The van der Waals surface area contributed by atoms with Crippen molar-refractivity contribution < 1.29 is 24.9 Å². The first-order valence-electron chi connectivity index (χ1n) is 7.64. The lowest BCUT2D eigenvalue weighted by Gasteiger charge is -2.32. The molecule has 0 heterocycles. The molecule has 1 rings (SSSR count). The zero-order valence-electron chi connectivity index (χ0n) is 15.0. The second-order valence-corrected chi connectivity index (χ2v) is 8.07. The van der Waals surface area contributed by atoms with Gasteiger partial charge in [-0.25, -0.2) is 4.79 Å². The molecule has 0 fully saturated rings. The van der Waals surface area contributed by atoms with Gasteiger partial charge in [-0.05, 0) is 33.1 Å². The van der Waals surface area contributed by atoms with Crippen molar-refractivity contribution in [2.75, 3.05) is 6.61 Å². The Labute approximate surface area is 137 Å². The van der Waals surface area contributed by atoms with Gasteiger partial charge in [0.1, 0.15) is 22.5 Å². The molecule has 0 amide bonds. The third-order valence-corrected chi connectivity index (χ3v) is 3.48. The molecule has 130 valence electrons. The first-order chi connectivity index (χ1) is 10.2. The first-order valence-corrected chi connectivity index (χ1v) is 7.64. The molecule has 3 N–H and O–H groups in total. The molecule has 0 aromatic heterocycles. The van der Waals surface area contributed by atoms with E-state index >= 15 is 0 Å². The minimum absolute atomic E-state index is 0.105. The molecule has 1 unspecified atom stereocenters. The van der Waals surface area contributed by atoms with E-state index in [1.54, 1.807) is 12.1 Å². The lowest BCUT2D eigenvalue weighted by Crippen LogP contribution is -2.32. The summed E-state index contributed by atoms with van der Waals surface area (Å²) in [7, 11) is 0. The standard InChI is InChI=1S/C18H28O5/c1-16(2,3)12-9-8-11(18(7,22)10-19)13(15(20)21)14(12)23-17(4,5)6/h8-9,19,22H,10H2,1-7H3,(H,20,21). The molecule has 0 bridgehead atoms. The fraction of sp³-hybridized carbons (Fsp3) is 0.611. The van der Waals surface area contributed by atoms with Gasteiger partial charge in [0, 0.05) is 11.1 Å². The van der Waals surface area contributed by atoms with E-state index in [9.17, 15) is 20.1 Å². The number of aromatic carboxylic acids is 1. The van der Waals surface area contributed by atoms with Crippen molar-refractivity contribution in [1.29, 1.82) is 0 Å². The van der Waals surface area contributed by atoms with Gasteiger partial charge < -0.3 is 20.1 Å². The second kappa shape index (κ2) is 6.13. The molecular formula is C18H28O5. The van der Waals surface area contributed by atoms with Gasteiger partial charge in [0.15, 0.2) is 0 Å². The highest BCUT2D eigenvalue weighted by molar-refractivity contribution is 5.94. The Hall–Kier alpha value is -1.59. The maximum atomic E-state index is 11.9. The van der Waals surface area contributed by atoms with Crippen LogP contribution in [-0.4, -0.2) is 33.5 Å². The van der Waals surface area contributed by atoms with Crippen LogP contribution in [0.25, 0.3) is 0 Å². The second-order valence-electron chi connectivity index (χ2n) is 8.07. The predicted molar refractivity (Wildman–Crippen MR) is 89.1 cm³/mol. The van der Waals surface area contributed by atoms with Crippen molar-refractivity contribution in [3.05, 3.63) is 28.8 Å². The van der Waals surface area contributed by atoms with Gasteiger partial charge in [0.2, 0.25) is 0 Å². The van der Waals surface area contributed by atoms with Crippen LogP contribution in [0.3, 0.4) is 0 Å². The van der Waals surface area contributed by atoms with E-state index in [1.165, 1.54) is 6.92 Å². The van der Waals surface area contributed by atoms with E-state index in [0.29, 0.717) is 0 Å². The summed E-state index contributed by atoms with van der Waals surface area (Å²) in [6.45, 7) is 12.2. The molecule has 0 aliphatic carbocycles. The van der Waals surface area contributed by atoms with Gasteiger partial charge in [-0.3, -0.25) is 0 Å². The molecule has 23 heavy (non-hydrogen) atoms. The van der Waals surface area contributed by atoms with Crippen LogP contribution in [0.1, 0.15) is 70.0 Å². The van der Waals surface area contributed by atoms with Gasteiger partial charge in [-0.1, -0.05) is 32.9 Å². The summed E-state index contributed by atoms with van der Waals surface area (Å²) in [5.41, 5.74) is -1.84. The number of hydrogen-bond acceptors (Lipinski definition) is 4. The first kappa shape index (κ1) is 19.5. The molecule has 1 aromatic rings. The van der Waals surface area contributed by atoms with Gasteiger partial charge in [0.25, 0.3) is 0 Å². The number of ether oxygens (including phenoxy) is 1. The van der Waals surface area contributed by atoms with Crippen molar-refractivity contribution in [2.24, 2.45) is 0 Å². The van der Waals surface area contributed by atoms with Crippen LogP contribution in [0.4, 0.5) is 0 Å². The summed E-state index contributed by atoms with van der Waals surface area (Å²) in [6.07, 6.45) is 0. The summed E-state index contributed by atoms with van der Waals surface area (Å²) >= 11 is 0. The summed E-state index contributed by atoms with van der Waals surface area (Å²) in [4.78, 5) is 11.9. The quantitative estimate of drug-likeness (QED) is 0.792. The van der Waals surface area contributed by atoms with Crippen LogP contribution in [0.5, 0.6) is 5.75 Å². The van der Waals surface area contributed by atoms with Gasteiger partial charge in [-0.2, -0.15) is 0 Å². The summed E-state index contributed by atoms with van der Waals surface area (Å²) in [5, 5.41) is 29.5. The molecule has 0 radical (unpaired) electrons. The zero-order valence-corrected chi connectivity index (χ0v) is 15.0. The largest absolute Gasteiger partial charge is 0.487 e. The number of rotatable bonds is 4. The van der Waals surface area contributed by atoms with Gasteiger partial charge in [0.05, 0.1) is 6.61 Å². The molecule has 0 saturated carbocycles. The average Bonchev–Trinajstić information content (AvgIpc) is 2.34. The Morgan fingerprint density at radius 3 is 1.87 bits per heavy atom. The molecule has 0 spiro atoms. The average molecular weight is 324 g/mol. The fourth-order valence-electron chi connectivity index (χ4n) is 2.33. The highest BCUT2D eigenvalue weighted by atomic mass is 16.5. The molecule has 1 atom stereocenters. The molecule has 0 saturated heterocycles. The van der Waals surface area contributed by atoms with E-state index in [1.807, 2.05) is 41.5 Å². The minimum Gasteiger partial charge on any atom is -0.487 e. The summed E-state index contributed by atoms with van der Waals surface area (Å²) in [6, 6.07) is 3.31. The predicted octanol–water partition coefficient (Wildman–Crippen LogP) is 3.06. The Bertz CT molecular complexity index is 589. The lowest BCUT2D eigenvalue weighted by molar-refractivity contribution is -0.00401. The van der Waals surface area contributed by atoms with E-state index in [4.69, 9.17) is 4.74 Å². The molecule has 5 heteroatoms. The highest BCUT2D eigenvalue weighted by Gasteiger charge is 2.35. The number of aliphatic hydroxyl groups excluding tert-OH is 1. The SMILES string of the molecule is CC(C)(C)Oc1c(C(C)(C)C)ccc(C(C)(O)CO)c1C(=O)O. The molecule has 1 aromatic carbocycles. The minimum atomic E-state index is -1.67. The number of aliphatic hydroxyl groups is 2. The third kappa shape index (κ3) is 4.45. The maximum Gasteiger partial charge on any atom is 0.339 e. The number of benzene rings is 1. The Kier molecular flexibility index (Phi) is 5.19. The Morgan fingerprint density at radius 1 is 1.04 bits per heavy atom. The monoisotopic (exact) mass is 324 g/mol. The Balaban J connectivity index is 3.82. The fourth-order valence-corrected chi connectivity index (χ4v) is 2.33. The van der Waals surface area contributed by atoms with Crippen molar-refractivity contribution in [3.63, 3.8) is 0 Å². The van der Waals surface area contributed by atoms with Crippen molar-refractivity contribution in [1.82, 2.24) is 0 Å². The van der Waals surface area contributed by atoms with E-state index in [-0.39, 0.29) is 22.3 Å². The lowest BCUT2D eigenvalue weighted by atomic mass is 9.81. The summed E-state index contributed by atoms with van der Waals surface area (Å²) < 4.78 is 5.96. The van der Waals surface area contributed by atoms with Crippen LogP contribution < -0.4 is 4.74 Å². The van der Waals surface area contributed by atoms with Crippen LogP contribution in [0.2, 0.25) is 0 Å². The number of hydrogen-bond donors (Lipinski definition) is 3. The smallest absolute Gasteiger partial charge is 0.339 e. The zero-order chi connectivity index (χ0) is 18.2. The molecule has 0 aliphatic rings. The van der Waals surface area contributed by atoms with Crippen molar-refractivity contribution in [3.8, 4) is 5.75 Å². The van der Waals surface area contributed by atoms with Crippen LogP contribution in [0, 0.1) is 0 Å². The summed E-state index contributed by atoms with van der Waals surface area (Å²) in [5.74, 6) is -0.956. The maximum absolute atomic E-state index is 11.9. The molecular weight excluding hydrogens is 296 g/mol. The van der Waals surface area contributed by atoms with Crippen LogP contribution in [0.15, 0.2) is 12.1 Å². The Morgan fingerprint density at radius 2 is 1.52 bits per heavy atom. The van der Waals surface area contributed by atoms with Gasteiger partial charge >= 0.3 is 5.97 Å².